The Balaban J connectivity index is 2.00. The number of fused-ring (bicyclic) bond motifs is 1. The van der Waals surface area contributed by atoms with Gasteiger partial charge in [-0.3, -0.25) is 4.79 Å². The highest BCUT2D eigenvalue weighted by Gasteiger charge is 2.25. The fourth-order valence-electron chi connectivity index (χ4n) is 2.20. The Morgan fingerprint density at radius 1 is 1.40 bits per heavy atom. The third kappa shape index (κ3) is 3.73. The molecule has 0 aromatic heterocycles. The number of nitrogens with one attached hydrogen (secondary N) is 2. The van der Waals surface area contributed by atoms with Gasteiger partial charge in [0.05, 0.1) is 0 Å². The first-order chi connectivity index (χ1) is 9.35. The average molecular weight is 276 g/mol. The van der Waals surface area contributed by atoms with E-state index < -0.39 is 11.7 Å². The van der Waals surface area contributed by atoms with Gasteiger partial charge in [-0.25, -0.2) is 4.79 Å². The monoisotopic (exact) mass is 276 g/mol. The third-order valence-corrected chi connectivity index (χ3v) is 3.00. The zero-order valence-electron chi connectivity index (χ0n) is 12.0. The molecule has 108 valence electrons. The Morgan fingerprint density at radius 2 is 2.10 bits per heavy atom. The fourth-order valence-corrected chi connectivity index (χ4v) is 2.20. The van der Waals surface area contributed by atoms with Crippen molar-refractivity contribution in [1.29, 1.82) is 0 Å². The number of hydrogen-bond donors (Lipinski definition) is 2. The lowest BCUT2D eigenvalue weighted by molar-refractivity contribution is -0.116. The van der Waals surface area contributed by atoms with Crippen LogP contribution in [0, 0.1) is 0 Å². The zero-order chi connectivity index (χ0) is 14.8. The number of carbonyl (C=O) groups excluding carboxylic acids is 2. The van der Waals surface area contributed by atoms with Crippen molar-refractivity contribution in [2.75, 3.05) is 11.9 Å². The molecule has 2 N–H and O–H groups in total. The van der Waals surface area contributed by atoms with Crippen molar-refractivity contribution >= 4 is 17.7 Å². The van der Waals surface area contributed by atoms with E-state index >= 15 is 0 Å². The largest absolute Gasteiger partial charge is 0.444 e. The minimum absolute atomic E-state index is 0.0209. The highest BCUT2D eigenvalue weighted by molar-refractivity contribution is 5.94. The molecule has 0 fully saturated rings. The maximum Gasteiger partial charge on any atom is 0.407 e. The van der Waals surface area contributed by atoms with E-state index in [1.165, 1.54) is 0 Å². The molecule has 2 amide bonds. The molecule has 0 aliphatic carbocycles. The Morgan fingerprint density at radius 3 is 2.80 bits per heavy atom. The molecule has 5 nitrogen and oxygen atoms in total. The van der Waals surface area contributed by atoms with Crippen LogP contribution in [0.15, 0.2) is 24.3 Å². The molecular formula is C15H20N2O3. The minimum atomic E-state index is -0.522. The summed E-state index contributed by atoms with van der Waals surface area (Å²) >= 11 is 0. The van der Waals surface area contributed by atoms with Crippen molar-refractivity contribution in [1.82, 2.24) is 5.32 Å². The molecule has 1 aliphatic heterocycles. The first-order valence-electron chi connectivity index (χ1n) is 6.71. The molecule has 1 unspecified atom stereocenters. The number of benzene rings is 1. The summed E-state index contributed by atoms with van der Waals surface area (Å²) in [5.74, 6) is -0.0489. The molecule has 1 aliphatic rings. The molecular weight excluding hydrogens is 256 g/mol. The first-order valence-corrected chi connectivity index (χ1v) is 6.71. The quantitative estimate of drug-likeness (QED) is 0.872. The predicted octanol–water partition coefficient (Wildman–Crippen LogP) is 2.64. The van der Waals surface area contributed by atoms with Crippen LogP contribution in [0.5, 0.6) is 0 Å². The van der Waals surface area contributed by atoms with E-state index in [1.807, 2.05) is 45.0 Å². The fraction of sp³-hybridized carbons (Fsp3) is 0.467. The van der Waals surface area contributed by atoms with E-state index in [0.717, 1.165) is 11.3 Å². The maximum atomic E-state index is 11.7. The van der Waals surface area contributed by atoms with Gasteiger partial charge in [-0.05, 0) is 32.4 Å². The van der Waals surface area contributed by atoms with E-state index in [-0.39, 0.29) is 11.8 Å². The van der Waals surface area contributed by atoms with Gasteiger partial charge in [-0.2, -0.15) is 0 Å². The van der Waals surface area contributed by atoms with Crippen LogP contribution in [-0.2, 0) is 9.53 Å². The van der Waals surface area contributed by atoms with Gasteiger partial charge in [0.15, 0.2) is 0 Å². The van der Waals surface area contributed by atoms with Crippen LogP contribution < -0.4 is 10.6 Å². The minimum Gasteiger partial charge on any atom is -0.444 e. The second-order valence-corrected chi connectivity index (χ2v) is 5.92. The molecule has 2 rings (SSSR count). The molecule has 1 aromatic rings. The first kappa shape index (κ1) is 14.4. The highest BCUT2D eigenvalue weighted by atomic mass is 16.6. The van der Waals surface area contributed by atoms with Gasteiger partial charge in [0.2, 0.25) is 5.91 Å². The smallest absolute Gasteiger partial charge is 0.407 e. The summed E-state index contributed by atoms with van der Waals surface area (Å²) in [6, 6.07) is 7.64. The van der Waals surface area contributed by atoms with E-state index in [1.54, 1.807) is 0 Å². The predicted molar refractivity (Wildman–Crippen MR) is 76.7 cm³/mol. The van der Waals surface area contributed by atoms with E-state index in [0.29, 0.717) is 13.0 Å². The summed E-state index contributed by atoms with van der Waals surface area (Å²) in [7, 11) is 0. The normalized spacial score (nSPS) is 17.9. The second-order valence-electron chi connectivity index (χ2n) is 5.92. The van der Waals surface area contributed by atoms with Crippen LogP contribution in [0.4, 0.5) is 10.5 Å². The Labute approximate surface area is 118 Å². The molecule has 1 atom stereocenters. The van der Waals surface area contributed by atoms with Gasteiger partial charge in [0, 0.05) is 24.6 Å². The van der Waals surface area contributed by atoms with Gasteiger partial charge in [0.1, 0.15) is 5.60 Å². The second kappa shape index (κ2) is 5.53. The van der Waals surface area contributed by atoms with Crippen LogP contribution in [0.1, 0.15) is 38.7 Å². The molecule has 20 heavy (non-hydrogen) atoms. The van der Waals surface area contributed by atoms with Crippen LogP contribution in [0.25, 0.3) is 0 Å². The van der Waals surface area contributed by atoms with Crippen LogP contribution in [0.3, 0.4) is 0 Å². The zero-order valence-corrected chi connectivity index (χ0v) is 12.0. The lowest BCUT2D eigenvalue weighted by Crippen LogP contribution is -2.36. The summed E-state index contributed by atoms with van der Waals surface area (Å²) in [5.41, 5.74) is 1.34. The van der Waals surface area contributed by atoms with Crippen molar-refractivity contribution in [3.05, 3.63) is 29.8 Å². The van der Waals surface area contributed by atoms with Crippen molar-refractivity contribution < 1.29 is 14.3 Å². The van der Waals surface area contributed by atoms with Crippen molar-refractivity contribution in [2.24, 2.45) is 0 Å². The van der Waals surface area contributed by atoms with Gasteiger partial charge in [-0.15, -0.1) is 0 Å². The molecule has 0 saturated heterocycles. The highest BCUT2D eigenvalue weighted by Crippen LogP contribution is 2.31. The average Bonchev–Trinajstić information content (AvgIpc) is 2.33. The summed E-state index contributed by atoms with van der Waals surface area (Å²) in [6.07, 6.45) is -0.0896. The summed E-state index contributed by atoms with van der Waals surface area (Å²) in [6.45, 7) is 5.83. The van der Waals surface area contributed by atoms with Gasteiger partial charge in [0.25, 0.3) is 0 Å². The van der Waals surface area contributed by atoms with Crippen LogP contribution in [0.2, 0.25) is 0 Å². The molecule has 1 heterocycles. The standard InChI is InChI=1S/C15H20N2O3/c1-15(2,3)20-14(19)16-9-10-8-13(18)17-12-7-5-4-6-11(10)12/h4-7,10H,8-9H2,1-3H3,(H,16,19)(H,17,18). The number of hydrogen-bond acceptors (Lipinski definition) is 3. The van der Waals surface area contributed by atoms with E-state index in [4.69, 9.17) is 4.74 Å². The third-order valence-electron chi connectivity index (χ3n) is 3.00. The van der Waals surface area contributed by atoms with Crippen LogP contribution in [-0.4, -0.2) is 24.1 Å². The number of amides is 2. The van der Waals surface area contributed by atoms with Crippen molar-refractivity contribution in [3.8, 4) is 0 Å². The lowest BCUT2D eigenvalue weighted by atomic mass is 9.90. The van der Waals surface area contributed by atoms with Crippen molar-refractivity contribution in [2.45, 2.75) is 38.7 Å². The summed E-state index contributed by atoms with van der Waals surface area (Å²) in [5, 5.41) is 5.56. The molecule has 1 aromatic carbocycles. The topological polar surface area (TPSA) is 67.4 Å². The number of alkyl carbamates (subject to hydrolysis) is 1. The molecule has 0 saturated carbocycles. The van der Waals surface area contributed by atoms with Gasteiger partial charge < -0.3 is 15.4 Å². The summed E-state index contributed by atoms with van der Waals surface area (Å²) < 4.78 is 5.19. The molecule has 0 spiro atoms. The number of rotatable bonds is 2. The Hall–Kier alpha value is -2.04. The number of ether oxygens (including phenoxy) is 1. The van der Waals surface area contributed by atoms with Gasteiger partial charge in [-0.1, -0.05) is 18.2 Å². The van der Waals surface area contributed by atoms with Crippen molar-refractivity contribution in [3.63, 3.8) is 0 Å². The lowest BCUT2D eigenvalue weighted by Gasteiger charge is -2.26. The summed E-state index contributed by atoms with van der Waals surface area (Å²) in [4.78, 5) is 23.3. The van der Waals surface area contributed by atoms with E-state index in [2.05, 4.69) is 10.6 Å². The maximum absolute atomic E-state index is 11.7. The van der Waals surface area contributed by atoms with E-state index in [9.17, 15) is 9.59 Å². The molecule has 5 heteroatoms. The number of para-hydroxylation sites is 1. The Kier molecular flexibility index (Phi) is 3.97. The SMILES string of the molecule is CC(C)(C)OC(=O)NCC1CC(=O)Nc2ccccc21. The number of carbonyl (C=O) groups is 2. The van der Waals surface area contributed by atoms with Gasteiger partial charge >= 0.3 is 6.09 Å². The molecule has 0 radical (unpaired) electrons. The molecule has 0 bridgehead atoms. The van der Waals surface area contributed by atoms with Crippen LogP contribution >= 0.6 is 0 Å². The Bertz CT molecular complexity index is 520. The number of anilines is 1.